The molecule has 0 bridgehead atoms. The Bertz CT molecular complexity index is 408. The molecular formula is C13H22N4O2. The van der Waals surface area contributed by atoms with Gasteiger partial charge in [-0.1, -0.05) is 0 Å². The molecule has 1 aromatic rings. The van der Waals surface area contributed by atoms with Crippen molar-refractivity contribution >= 4 is 11.6 Å². The number of rotatable bonds is 6. The highest BCUT2D eigenvalue weighted by Crippen LogP contribution is 2.18. The van der Waals surface area contributed by atoms with Crippen LogP contribution >= 0.6 is 0 Å². The predicted molar refractivity (Wildman–Crippen MR) is 74.0 cm³/mol. The lowest BCUT2D eigenvalue weighted by Gasteiger charge is -2.22. The van der Waals surface area contributed by atoms with E-state index in [9.17, 15) is 0 Å². The molecule has 0 radical (unpaired) electrons. The Morgan fingerprint density at radius 1 is 1.53 bits per heavy atom. The van der Waals surface area contributed by atoms with E-state index in [-0.39, 0.29) is 6.10 Å². The van der Waals surface area contributed by atoms with Crippen molar-refractivity contribution in [1.29, 1.82) is 0 Å². The number of nitrogens with two attached hydrogens (primary N) is 1. The maximum absolute atomic E-state index is 5.81. The van der Waals surface area contributed by atoms with E-state index in [2.05, 4.69) is 14.9 Å². The highest BCUT2D eigenvalue weighted by Gasteiger charge is 2.18. The number of hydrogen-bond acceptors (Lipinski definition) is 6. The molecule has 6 nitrogen and oxygen atoms in total. The normalized spacial score (nSPS) is 18.7. The van der Waals surface area contributed by atoms with Gasteiger partial charge >= 0.3 is 0 Å². The van der Waals surface area contributed by atoms with Crippen molar-refractivity contribution in [2.45, 2.75) is 32.5 Å². The van der Waals surface area contributed by atoms with E-state index < -0.39 is 0 Å². The Kier molecular flexibility index (Phi) is 4.93. The van der Waals surface area contributed by atoms with Gasteiger partial charge in [-0.15, -0.1) is 0 Å². The Balaban J connectivity index is 2.02. The highest BCUT2D eigenvalue weighted by atomic mass is 16.5. The third-order valence-electron chi connectivity index (χ3n) is 3.11. The highest BCUT2D eigenvalue weighted by molar-refractivity contribution is 5.46. The summed E-state index contributed by atoms with van der Waals surface area (Å²) in [5.74, 6) is 1.91. The SMILES string of the molecule is CCOCc1nc(N)cc(N(C)CC2CCCO2)n1. The number of nitrogens with zero attached hydrogens (tertiary/aromatic N) is 3. The molecule has 19 heavy (non-hydrogen) atoms. The van der Waals surface area contributed by atoms with Gasteiger partial charge in [0, 0.05) is 32.9 Å². The van der Waals surface area contributed by atoms with Crippen molar-refractivity contribution in [2.75, 3.05) is 37.4 Å². The molecule has 0 spiro atoms. The average molecular weight is 266 g/mol. The van der Waals surface area contributed by atoms with E-state index in [0.29, 0.717) is 24.9 Å². The lowest BCUT2D eigenvalue weighted by atomic mass is 10.2. The van der Waals surface area contributed by atoms with E-state index in [1.165, 1.54) is 0 Å². The van der Waals surface area contributed by atoms with Gasteiger partial charge in [-0.05, 0) is 19.8 Å². The third kappa shape index (κ3) is 4.04. The first-order chi connectivity index (χ1) is 9.19. The summed E-state index contributed by atoms with van der Waals surface area (Å²) in [7, 11) is 1.99. The number of nitrogen functional groups attached to an aromatic ring is 1. The second-order valence-electron chi connectivity index (χ2n) is 4.72. The molecule has 2 rings (SSSR count). The summed E-state index contributed by atoms with van der Waals surface area (Å²) < 4.78 is 10.9. The van der Waals surface area contributed by atoms with E-state index in [0.717, 1.165) is 31.8 Å². The van der Waals surface area contributed by atoms with Crippen LogP contribution in [0.4, 0.5) is 11.6 Å². The minimum absolute atomic E-state index is 0.288. The summed E-state index contributed by atoms with van der Waals surface area (Å²) in [6.45, 7) is 4.66. The molecule has 0 aliphatic carbocycles. The van der Waals surface area contributed by atoms with Crippen LogP contribution in [0.2, 0.25) is 0 Å². The largest absolute Gasteiger partial charge is 0.384 e. The van der Waals surface area contributed by atoms with Crippen LogP contribution in [0.5, 0.6) is 0 Å². The summed E-state index contributed by atoms with van der Waals surface area (Å²) >= 11 is 0. The first-order valence-corrected chi connectivity index (χ1v) is 6.73. The second kappa shape index (κ2) is 6.68. The minimum Gasteiger partial charge on any atom is -0.384 e. The van der Waals surface area contributed by atoms with Crippen LogP contribution in [0.15, 0.2) is 6.07 Å². The zero-order valence-corrected chi connectivity index (χ0v) is 11.6. The molecule has 106 valence electrons. The number of anilines is 2. The van der Waals surface area contributed by atoms with E-state index >= 15 is 0 Å². The van der Waals surface area contributed by atoms with Crippen molar-refractivity contribution in [3.05, 3.63) is 11.9 Å². The van der Waals surface area contributed by atoms with Crippen LogP contribution < -0.4 is 10.6 Å². The Morgan fingerprint density at radius 3 is 3.05 bits per heavy atom. The molecule has 1 atom stereocenters. The monoisotopic (exact) mass is 266 g/mol. The summed E-state index contributed by atoms with van der Waals surface area (Å²) in [5.41, 5.74) is 5.81. The quantitative estimate of drug-likeness (QED) is 0.834. The Labute approximate surface area is 113 Å². The minimum atomic E-state index is 0.288. The van der Waals surface area contributed by atoms with Crippen molar-refractivity contribution in [2.24, 2.45) is 0 Å². The number of aromatic nitrogens is 2. The molecule has 1 aromatic heterocycles. The van der Waals surface area contributed by atoms with Gasteiger partial charge in [0.1, 0.15) is 18.2 Å². The van der Waals surface area contributed by atoms with Crippen molar-refractivity contribution in [3.8, 4) is 0 Å². The molecule has 1 unspecified atom stereocenters. The molecule has 2 heterocycles. The fourth-order valence-corrected chi connectivity index (χ4v) is 2.14. The molecule has 0 saturated carbocycles. The van der Waals surface area contributed by atoms with Crippen LogP contribution in [0, 0.1) is 0 Å². The molecule has 1 aliphatic heterocycles. The van der Waals surface area contributed by atoms with E-state index in [4.69, 9.17) is 15.2 Å². The molecule has 0 amide bonds. The molecule has 1 aliphatic rings. The summed E-state index contributed by atoms with van der Waals surface area (Å²) in [5, 5.41) is 0. The van der Waals surface area contributed by atoms with Crippen LogP contribution in [-0.2, 0) is 16.1 Å². The van der Waals surface area contributed by atoms with Crippen LogP contribution in [0.3, 0.4) is 0 Å². The maximum Gasteiger partial charge on any atom is 0.158 e. The molecule has 2 N–H and O–H groups in total. The lowest BCUT2D eigenvalue weighted by Crippen LogP contribution is -2.29. The Hall–Kier alpha value is -1.40. The van der Waals surface area contributed by atoms with Gasteiger partial charge < -0.3 is 20.1 Å². The van der Waals surface area contributed by atoms with Crippen molar-refractivity contribution in [1.82, 2.24) is 9.97 Å². The van der Waals surface area contributed by atoms with Crippen LogP contribution in [-0.4, -0.2) is 42.9 Å². The van der Waals surface area contributed by atoms with E-state index in [1.807, 2.05) is 14.0 Å². The molecule has 1 saturated heterocycles. The molecule has 0 aromatic carbocycles. The van der Waals surface area contributed by atoms with Gasteiger partial charge in [0.2, 0.25) is 0 Å². The van der Waals surface area contributed by atoms with E-state index in [1.54, 1.807) is 6.07 Å². The summed E-state index contributed by atoms with van der Waals surface area (Å²) in [6, 6.07) is 1.78. The average Bonchev–Trinajstić information content (AvgIpc) is 2.88. The Morgan fingerprint density at radius 2 is 2.37 bits per heavy atom. The van der Waals surface area contributed by atoms with Gasteiger partial charge in [0.15, 0.2) is 5.82 Å². The van der Waals surface area contributed by atoms with Crippen LogP contribution in [0.25, 0.3) is 0 Å². The zero-order valence-electron chi connectivity index (χ0n) is 11.6. The molecular weight excluding hydrogens is 244 g/mol. The fraction of sp³-hybridized carbons (Fsp3) is 0.692. The number of likely N-dealkylation sites (N-methyl/N-ethyl adjacent to an activating group) is 1. The third-order valence-corrected chi connectivity index (χ3v) is 3.11. The zero-order chi connectivity index (χ0) is 13.7. The first-order valence-electron chi connectivity index (χ1n) is 6.73. The molecule has 1 fully saturated rings. The second-order valence-corrected chi connectivity index (χ2v) is 4.72. The van der Waals surface area contributed by atoms with Gasteiger partial charge in [0.25, 0.3) is 0 Å². The number of ether oxygens (including phenoxy) is 2. The topological polar surface area (TPSA) is 73.5 Å². The van der Waals surface area contributed by atoms with Crippen molar-refractivity contribution < 1.29 is 9.47 Å². The maximum atomic E-state index is 5.81. The number of hydrogen-bond donors (Lipinski definition) is 1. The van der Waals surface area contributed by atoms with Gasteiger partial charge in [-0.2, -0.15) is 0 Å². The van der Waals surface area contributed by atoms with Gasteiger partial charge in [0.05, 0.1) is 6.10 Å². The smallest absolute Gasteiger partial charge is 0.158 e. The summed E-state index contributed by atoms with van der Waals surface area (Å²) in [4.78, 5) is 10.7. The lowest BCUT2D eigenvalue weighted by molar-refractivity contribution is 0.116. The standard InChI is InChI=1S/C13H22N4O2/c1-3-18-9-12-15-11(14)7-13(16-12)17(2)8-10-5-4-6-19-10/h7,10H,3-6,8-9H2,1-2H3,(H2,14,15,16). The van der Waals surface area contributed by atoms with Gasteiger partial charge in [-0.3, -0.25) is 0 Å². The fourth-order valence-electron chi connectivity index (χ4n) is 2.14. The molecule has 6 heteroatoms. The van der Waals surface area contributed by atoms with Gasteiger partial charge in [-0.25, -0.2) is 9.97 Å². The first kappa shape index (κ1) is 14.0. The predicted octanol–water partition coefficient (Wildman–Crippen LogP) is 1.21. The van der Waals surface area contributed by atoms with Crippen molar-refractivity contribution in [3.63, 3.8) is 0 Å². The van der Waals surface area contributed by atoms with Crippen LogP contribution in [0.1, 0.15) is 25.6 Å². The summed E-state index contributed by atoms with van der Waals surface area (Å²) in [6.07, 6.45) is 2.54.